The minimum Gasteiger partial charge on any atom is -0.467 e. The number of ether oxygens (including phenoxy) is 2. The summed E-state index contributed by atoms with van der Waals surface area (Å²) in [6, 6.07) is 2.72. The number of hydrogen-bond donors (Lipinski definition) is 3. The second-order valence-electron chi connectivity index (χ2n) is 3.75. The lowest BCUT2D eigenvalue weighted by molar-refractivity contribution is -0.274. The Morgan fingerprint density at radius 2 is 1.95 bits per heavy atom. The number of rotatable bonds is 4. The van der Waals surface area contributed by atoms with Crippen LogP contribution in [0.1, 0.15) is 11.7 Å². The number of aliphatic hydroxyl groups excluding tert-OH is 2. The van der Waals surface area contributed by atoms with Crippen molar-refractivity contribution in [1.29, 1.82) is 0 Å². The van der Waals surface area contributed by atoms with Gasteiger partial charge in [0.2, 0.25) is 0 Å². The number of nitrogens with two attached hydrogens (primary N) is 1. The fraction of sp³-hybridized carbons (Fsp3) is 0.364. The first-order chi connectivity index (χ1) is 9.15. The maximum absolute atomic E-state index is 12.0. The molecule has 6 nitrogen and oxygen atoms in total. The van der Waals surface area contributed by atoms with Crippen molar-refractivity contribution in [3.8, 4) is 5.75 Å². The standard InChI is InChI=1S/C11H12F3NO5/c1-19-10(18)9(17)8(16)6-3-2-5(4-7(6)15)20-11(12,13)14/h2-4,8-9,16-17H,15H2,1H3. The molecular weight excluding hydrogens is 283 g/mol. The summed E-state index contributed by atoms with van der Waals surface area (Å²) in [5, 5.41) is 19.1. The van der Waals surface area contributed by atoms with Crippen LogP contribution >= 0.6 is 0 Å². The normalized spacial score (nSPS) is 14.5. The van der Waals surface area contributed by atoms with Crippen LogP contribution in [0.4, 0.5) is 18.9 Å². The average Bonchev–Trinajstić information content (AvgIpc) is 2.34. The summed E-state index contributed by atoms with van der Waals surface area (Å²) < 4.78 is 43.8. The summed E-state index contributed by atoms with van der Waals surface area (Å²) in [4.78, 5) is 11.0. The van der Waals surface area contributed by atoms with Gasteiger partial charge in [0.15, 0.2) is 6.10 Å². The SMILES string of the molecule is COC(=O)C(O)C(O)c1ccc(OC(F)(F)F)cc1N. The molecule has 2 unspecified atom stereocenters. The number of anilines is 1. The number of halogens is 3. The second kappa shape index (κ2) is 5.97. The van der Waals surface area contributed by atoms with Gasteiger partial charge in [-0.25, -0.2) is 4.79 Å². The lowest BCUT2D eigenvalue weighted by atomic mass is 10.0. The molecule has 0 bridgehead atoms. The summed E-state index contributed by atoms with van der Waals surface area (Å²) in [6.07, 6.45) is -8.52. The van der Waals surface area contributed by atoms with E-state index in [1.54, 1.807) is 0 Å². The van der Waals surface area contributed by atoms with Crippen LogP contribution in [-0.2, 0) is 9.53 Å². The first-order valence-electron chi connectivity index (χ1n) is 5.25. The minimum atomic E-state index is -4.88. The van der Waals surface area contributed by atoms with E-state index < -0.39 is 30.3 Å². The number of methoxy groups -OCH3 is 1. The van der Waals surface area contributed by atoms with Crippen molar-refractivity contribution in [3.05, 3.63) is 23.8 Å². The first kappa shape index (κ1) is 16.1. The molecule has 9 heteroatoms. The third-order valence-electron chi connectivity index (χ3n) is 2.35. The third kappa shape index (κ3) is 4.00. The number of alkyl halides is 3. The predicted molar refractivity (Wildman–Crippen MR) is 60.5 cm³/mol. The first-order valence-corrected chi connectivity index (χ1v) is 5.25. The highest BCUT2D eigenvalue weighted by atomic mass is 19.4. The molecule has 0 spiro atoms. The van der Waals surface area contributed by atoms with Crippen LogP contribution in [-0.4, -0.2) is 35.8 Å². The van der Waals surface area contributed by atoms with Crippen LogP contribution in [0, 0.1) is 0 Å². The van der Waals surface area contributed by atoms with Gasteiger partial charge in [-0.15, -0.1) is 13.2 Å². The van der Waals surface area contributed by atoms with E-state index in [4.69, 9.17) is 5.73 Å². The van der Waals surface area contributed by atoms with E-state index in [2.05, 4.69) is 9.47 Å². The van der Waals surface area contributed by atoms with Gasteiger partial charge in [-0.05, 0) is 6.07 Å². The van der Waals surface area contributed by atoms with Gasteiger partial charge < -0.3 is 25.4 Å². The van der Waals surface area contributed by atoms with Gasteiger partial charge in [0, 0.05) is 17.3 Å². The van der Waals surface area contributed by atoms with Gasteiger partial charge in [0.1, 0.15) is 11.9 Å². The number of benzene rings is 1. The van der Waals surface area contributed by atoms with Crippen LogP contribution in [0.15, 0.2) is 18.2 Å². The molecule has 0 radical (unpaired) electrons. The lowest BCUT2D eigenvalue weighted by Crippen LogP contribution is -2.29. The molecule has 4 N–H and O–H groups in total. The van der Waals surface area contributed by atoms with Crippen molar-refractivity contribution in [2.75, 3.05) is 12.8 Å². The van der Waals surface area contributed by atoms with E-state index in [1.165, 1.54) is 0 Å². The molecule has 0 aliphatic carbocycles. The summed E-state index contributed by atoms with van der Waals surface area (Å²) in [5.41, 5.74) is 5.05. The molecule has 0 aromatic heterocycles. The number of carbonyl (C=O) groups is 1. The minimum absolute atomic E-state index is 0.127. The molecule has 0 fully saturated rings. The maximum atomic E-state index is 12.0. The quantitative estimate of drug-likeness (QED) is 0.559. The Morgan fingerprint density at radius 1 is 1.35 bits per heavy atom. The Labute approximate surface area is 111 Å². The molecule has 0 aliphatic rings. The smallest absolute Gasteiger partial charge is 0.467 e. The predicted octanol–water partition coefficient (Wildman–Crippen LogP) is 0.735. The van der Waals surface area contributed by atoms with E-state index in [0.29, 0.717) is 0 Å². The van der Waals surface area contributed by atoms with E-state index >= 15 is 0 Å². The van der Waals surface area contributed by atoms with Crippen molar-refractivity contribution in [2.24, 2.45) is 0 Å². The van der Waals surface area contributed by atoms with Gasteiger partial charge in [-0.1, -0.05) is 6.07 Å². The lowest BCUT2D eigenvalue weighted by Gasteiger charge is -2.18. The van der Waals surface area contributed by atoms with Crippen LogP contribution in [0.3, 0.4) is 0 Å². The third-order valence-corrected chi connectivity index (χ3v) is 2.35. The fourth-order valence-corrected chi connectivity index (χ4v) is 1.44. The van der Waals surface area contributed by atoms with Crippen LogP contribution in [0.2, 0.25) is 0 Å². The van der Waals surface area contributed by atoms with Crippen molar-refractivity contribution in [1.82, 2.24) is 0 Å². The Bertz CT molecular complexity index is 491. The van der Waals surface area contributed by atoms with Gasteiger partial charge in [-0.2, -0.15) is 0 Å². The molecule has 0 saturated carbocycles. The number of carbonyl (C=O) groups excluding carboxylic acids is 1. The van der Waals surface area contributed by atoms with E-state index in [1.807, 2.05) is 0 Å². The largest absolute Gasteiger partial charge is 0.573 e. The molecule has 0 amide bonds. The van der Waals surface area contributed by atoms with Crippen molar-refractivity contribution in [2.45, 2.75) is 18.6 Å². The van der Waals surface area contributed by atoms with Gasteiger partial charge >= 0.3 is 12.3 Å². The molecule has 1 aromatic rings. The monoisotopic (exact) mass is 295 g/mol. The summed E-state index contributed by atoms with van der Waals surface area (Å²) in [5.74, 6) is -1.69. The highest BCUT2D eigenvalue weighted by Gasteiger charge is 2.32. The molecule has 1 rings (SSSR count). The van der Waals surface area contributed by atoms with Gasteiger partial charge in [-0.3, -0.25) is 0 Å². The molecule has 1 aromatic carbocycles. The van der Waals surface area contributed by atoms with E-state index in [0.717, 1.165) is 25.3 Å². The number of nitrogen functional groups attached to an aromatic ring is 1. The van der Waals surface area contributed by atoms with Crippen molar-refractivity contribution in [3.63, 3.8) is 0 Å². The Morgan fingerprint density at radius 3 is 2.40 bits per heavy atom. The number of aliphatic hydroxyl groups is 2. The summed E-state index contributed by atoms with van der Waals surface area (Å²) in [7, 11) is 1.00. The Hall–Kier alpha value is -2.00. The summed E-state index contributed by atoms with van der Waals surface area (Å²) in [6.45, 7) is 0. The molecular formula is C11H12F3NO5. The highest BCUT2D eigenvalue weighted by Crippen LogP contribution is 2.30. The Balaban J connectivity index is 2.95. The zero-order valence-corrected chi connectivity index (χ0v) is 10.2. The average molecular weight is 295 g/mol. The van der Waals surface area contributed by atoms with Gasteiger partial charge in [0.25, 0.3) is 0 Å². The van der Waals surface area contributed by atoms with E-state index in [9.17, 15) is 28.2 Å². The Kier molecular flexibility index (Phi) is 4.79. The van der Waals surface area contributed by atoms with Gasteiger partial charge in [0.05, 0.1) is 7.11 Å². The molecule has 0 saturated heterocycles. The zero-order valence-electron chi connectivity index (χ0n) is 10.2. The highest BCUT2D eigenvalue weighted by molar-refractivity contribution is 5.75. The molecule has 2 atom stereocenters. The van der Waals surface area contributed by atoms with Crippen molar-refractivity contribution >= 4 is 11.7 Å². The fourth-order valence-electron chi connectivity index (χ4n) is 1.44. The molecule has 112 valence electrons. The van der Waals surface area contributed by atoms with Crippen LogP contribution in [0.5, 0.6) is 5.75 Å². The number of esters is 1. The van der Waals surface area contributed by atoms with Crippen LogP contribution < -0.4 is 10.5 Å². The van der Waals surface area contributed by atoms with Crippen molar-refractivity contribution < 1.29 is 37.7 Å². The van der Waals surface area contributed by atoms with E-state index in [-0.39, 0.29) is 11.3 Å². The summed E-state index contributed by atoms with van der Waals surface area (Å²) >= 11 is 0. The second-order valence-corrected chi connectivity index (χ2v) is 3.75. The van der Waals surface area contributed by atoms with Crippen LogP contribution in [0.25, 0.3) is 0 Å². The molecule has 20 heavy (non-hydrogen) atoms. The zero-order chi connectivity index (χ0) is 15.5. The molecule has 0 aliphatic heterocycles. The number of hydrogen-bond acceptors (Lipinski definition) is 6. The molecule has 0 heterocycles. The topological polar surface area (TPSA) is 102 Å². The maximum Gasteiger partial charge on any atom is 0.573 e.